The first-order valence-electron chi connectivity index (χ1n) is 6.38. The molecule has 0 saturated carbocycles. The van der Waals surface area contributed by atoms with Gasteiger partial charge in [0.05, 0.1) is 0 Å². The van der Waals surface area contributed by atoms with Gasteiger partial charge in [-0.2, -0.15) is 0 Å². The highest BCUT2D eigenvalue weighted by Crippen LogP contribution is 2.17. The van der Waals surface area contributed by atoms with Gasteiger partial charge in [0.1, 0.15) is 0 Å². The molecular weight excluding hydrogens is 204 g/mol. The molecule has 0 N–H and O–H groups in total. The van der Waals surface area contributed by atoms with E-state index in [1.54, 1.807) is 6.92 Å². The lowest BCUT2D eigenvalue weighted by Crippen LogP contribution is -1.85. The van der Waals surface area contributed by atoms with Crippen molar-refractivity contribution in [2.24, 2.45) is 0 Å². The minimum Gasteiger partial charge on any atom is -0.0654 e. The van der Waals surface area contributed by atoms with E-state index in [4.69, 9.17) is 0 Å². The Balaban J connectivity index is 0.000000686. The van der Waals surface area contributed by atoms with Crippen molar-refractivity contribution in [3.63, 3.8) is 0 Å². The van der Waals surface area contributed by atoms with E-state index in [-0.39, 0.29) is 0 Å². The van der Waals surface area contributed by atoms with Gasteiger partial charge in [-0.3, -0.25) is 0 Å². The second kappa shape index (κ2) is 7.89. The van der Waals surface area contributed by atoms with Crippen molar-refractivity contribution in [1.29, 1.82) is 0 Å². The maximum Gasteiger partial charge on any atom is -0.0181 e. The highest BCUT2D eigenvalue weighted by atomic mass is 14.0. The molecule has 0 aliphatic heterocycles. The molecular formula is C17H22. The van der Waals surface area contributed by atoms with Crippen molar-refractivity contribution in [3.05, 3.63) is 61.9 Å². The van der Waals surface area contributed by atoms with Crippen molar-refractivity contribution in [1.82, 2.24) is 0 Å². The number of aryl methyl sites for hydroxylation is 1. The Bertz CT molecular complexity index is 429. The third kappa shape index (κ3) is 4.22. The predicted molar refractivity (Wildman–Crippen MR) is 77.9 cm³/mol. The third-order valence-electron chi connectivity index (χ3n) is 2.78. The van der Waals surface area contributed by atoms with Crippen LogP contribution in [0.15, 0.2) is 42.5 Å². The number of hydrogen-bond acceptors (Lipinski definition) is 0. The lowest BCUT2D eigenvalue weighted by atomic mass is 10.0. The van der Waals surface area contributed by atoms with Crippen LogP contribution in [0.25, 0.3) is 10.8 Å². The molecule has 0 aromatic heterocycles. The van der Waals surface area contributed by atoms with E-state index in [0.29, 0.717) is 0 Å². The Labute approximate surface area is 106 Å². The van der Waals surface area contributed by atoms with Crippen LogP contribution in [0.2, 0.25) is 0 Å². The molecule has 0 heteroatoms. The van der Waals surface area contributed by atoms with Crippen LogP contribution < -0.4 is 0 Å². The molecule has 0 amide bonds. The number of rotatable bonds is 4. The smallest absolute Gasteiger partial charge is 0.0181 e. The minimum atomic E-state index is 1.05. The molecule has 0 aliphatic carbocycles. The third-order valence-corrected chi connectivity index (χ3v) is 2.78. The Morgan fingerprint density at radius 1 is 0.882 bits per heavy atom. The van der Waals surface area contributed by atoms with E-state index in [2.05, 4.69) is 56.3 Å². The molecule has 0 aliphatic rings. The van der Waals surface area contributed by atoms with E-state index in [9.17, 15) is 0 Å². The molecule has 0 spiro atoms. The Kier molecular flexibility index (Phi) is 6.39. The standard InChI is InChI=1S/C15H17.C2H5/c1-2-3-4-7-13-10-11-14-8-5-6-9-15(14)12-13;1-2/h5-6,8-12H,1-4,7H2;1H2,2H3. The van der Waals surface area contributed by atoms with Crippen LogP contribution in [0.3, 0.4) is 0 Å². The second-order valence-corrected chi connectivity index (χ2v) is 3.99. The fourth-order valence-electron chi connectivity index (χ4n) is 1.90. The van der Waals surface area contributed by atoms with Gasteiger partial charge >= 0.3 is 0 Å². The molecule has 0 nitrogen and oxygen atoms in total. The Morgan fingerprint density at radius 2 is 1.59 bits per heavy atom. The first-order valence-corrected chi connectivity index (χ1v) is 6.38. The van der Waals surface area contributed by atoms with Gasteiger partial charge in [-0.05, 0) is 29.2 Å². The maximum atomic E-state index is 3.87. The summed E-state index contributed by atoms with van der Waals surface area (Å²) in [6.07, 6.45) is 4.71. The molecule has 0 heterocycles. The molecule has 17 heavy (non-hydrogen) atoms. The molecule has 2 rings (SSSR count). The van der Waals surface area contributed by atoms with Gasteiger partial charge in [0.25, 0.3) is 0 Å². The molecule has 2 radical (unpaired) electrons. The van der Waals surface area contributed by atoms with Gasteiger partial charge < -0.3 is 0 Å². The topological polar surface area (TPSA) is 0 Å². The molecule has 0 unspecified atom stereocenters. The van der Waals surface area contributed by atoms with E-state index in [1.807, 2.05) is 0 Å². The molecule has 0 saturated heterocycles. The number of fused-ring (bicyclic) bond motifs is 1. The second-order valence-electron chi connectivity index (χ2n) is 3.99. The monoisotopic (exact) mass is 226 g/mol. The highest BCUT2D eigenvalue weighted by Gasteiger charge is 1.95. The number of unbranched alkanes of at least 4 members (excludes halogenated alkanes) is 2. The summed E-state index contributed by atoms with van der Waals surface area (Å²) < 4.78 is 0. The van der Waals surface area contributed by atoms with Crippen LogP contribution in [-0.2, 0) is 6.42 Å². The first-order chi connectivity index (χ1) is 8.40. The number of benzene rings is 2. The minimum absolute atomic E-state index is 1.05. The maximum absolute atomic E-state index is 3.87. The SMILES string of the molecule is [CH2]C.[CH2]CCCCc1ccc2ccccc2c1. The van der Waals surface area contributed by atoms with Crippen LogP contribution in [0, 0.1) is 13.8 Å². The summed E-state index contributed by atoms with van der Waals surface area (Å²) in [5.41, 5.74) is 1.45. The Hall–Kier alpha value is -1.30. The zero-order valence-electron chi connectivity index (χ0n) is 10.8. The van der Waals surface area contributed by atoms with Crippen LogP contribution in [0.5, 0.6) is 0 Å². The molecule has 0 fully saturated rings. The van der Waals surface area contributed by atoms with Gasteiger partial charge in [0.2, 0.25) is 0 Å². The van der Waals surface area contributed by atoms with Gasteiger partial charge in [0.15, 0.2) is 0 Å². The molecule has 2 aromatic carbocycles. The summed E-state index contributed by atoms with van der Waals surface area (Å²) in [5.74, 6) is 0. The lowest BCUT2D eigenvalue weighted by molar-refractivity contribution is 0.746. The van der Waals surface area contributed by atoms with Crippen molar-refractivity contribution in [2.45, 2.75) is 32.6 Å². The Morgan fingerprint density at radius 3 is 2.29 bits per heavy atom. The van der Waals surface area contributed by atoms with Crippen LogP contribution >= 0.6 is 0 Å². The summed E-state index contributed by atoms with van der Waals surface area (Å²) in [6.45, 7) is 8.87. The molecule has 90 valence electrons. The van der Waals surface area contributed by atoms with Gasteiger partial charge in [0, 0.05) is 0 Å². The van der Waals surface area contributed by atoms with Crippen LogP contribution in [0.4, 0.5) is 0 Å². The number of hydrogen-bond donors (Lipinski definition) is 0. The summed E-state index contributed by atoms with van der Waals surface area (Å²) in [6, 6.07) is 15.3. The fourth-order valence-corrected chi connectivity index (χ4v) is 1.90. The van der Waals surface area contributed by atoms with E-state index < -0.39 is 0 Å². The predicted octanol–water partition coefficient (Wildman–Crippen LogP) is 5.23. The van der Waals surface area contributed by atoms with Crippen molar-refractivity contribution in [2.75, 3.05) is 0 Å². The fraction of sp³-hybridized carbons (Fsp3) is 0.294. The van der Waals surface area contributed by atoms with Crippen LogP contribution in [-0.4, -0.2) is 0 Å². The molecule has 2 aromatic rings. The summed E-state index contributed by atoms with van der Waals surface area (Å²) in [4.78, 5) is 0. The average Bonchev–Trinajstić information content (AvgIpc) is 2.41. The quantitative estimate of drug-likeness (QED) is 0.626. The molecule has 0 bridgehead atoms. The largest absolute Gasteiger partial charge is 0.0654 e. The van der Waals surface area contributed by atoms with E-state index in [1.165, 1.54) is 35.6 Å². The highest BCUT2D eigenvalue weighted by molar-refractivity contribution is 5.82. The zero-order valence-corrected chi connectivity index (χ0v) is 10.8. The zero-order chi connectivity index (χ0) is 12.5. The van der Waals surface area contributed by atoms with Crippen LogP contribution in [0.1, 0.15) is 31.7 Å². The summed E-state index contributed by atoms with van der Waals surface area (Å²) >= 11 is 0. The summed E-state index contributed by atoms with van der Waals surface area (Å²) in [5, 5.41) is 2.68. The van der Waals surface area contributed by atoms with Crippen molar-refractivity contribution in [3.8, 4) is 0 Å². The van der Waals surface area contributed by atoms with Gasteiger partial charge in [-0.1, -0.05) is 76.1 Å². The lowest BCUT2D eigenvalue weighted by Gasteiger charge is -2.03. The van der Waals surface area contributed by atoms with E-state index >= 15 is 0 Å². The normalized spacial score (nSPS) is 9.82. The molecule has 0 atom stereocenters. The van der Waals surface area contributed by atoms with E-state index in [0.717, 1.165) is 6.42 Å². The van der Waals surface area contributed by atoms with Gasteiger partial charge in [-0.25, -0.2) is 0 Å². The summed E-state index contributed by atoms with van der Waals surface area (Å²) in [7, 11) is 0. The first kappa shape index (κ1) is 13.8. The van der Waals surface area contributed by atoms with Crippen molar-refractivity contribution >= 4 is 10.8 Å². The van der Waals surface area contributed by atoms with Gasteiger partial charge in [-0.15, -0.1) is 0 Å². The average molecular weight is 226 g/mol. The van der Waals surface area contributed by atoms with Crippen molar-refractivity contribution < 1.29 is 0 Å².